The first-order chi connectivity index (χ1) is 9.26. The second-order valence-corrected chi connectivity index (χ2v) is 3.73. The maximum atomic E-state index is 12.4. The number of ether oxygens (including phenoxy) is 2. The van der Waals surface area contributed by atoms with E-state index in [2.05, 4.69) is 9.97 Å². The molecular weight excluding hydrogens is 244 g/mol. The zero-order valence-corrected chi connectivity index (χ0v) is 10.8. The van der Waals surface area contributed by atoms with Crippen LogP contribution in [-0.2, 0) is 0 Å². The Morgan fingerprint density at radius 2 is 2.21 bits per heavy atom. The van der Waals surface area contributed by atoms with E-state index in [1.807, 2.05) is 6.92 Å². The van der Waals surface area contributed by atoms with Crippen molar-refractivity contribution < 1.29 is 14.3 Å². The van der Waals surface area contributed by atoms with Crippen LogP contribution in [0.2, 0.25) is 0 Å². The molecule has 0 spiro atoms. The van der Waals surface area contributed by atoms with Crippen LogP contribution in [0.3, 0.4) is 0 Å². The lowest BCUT2D eigenvalue weighted by molar-refractivity contribution is 0.103. The Bertz CT molecular complexity index is 584. The third-order valence-corrected chi connectivity index (χ3v) is 2.50. The van der Waals surface area contributed by atoms with Crippen LogP contribution in [0.1, 0.15) is 22.8 Å². The van der Waals surface area contributed by atoms with E-state index in [-0.39, 0.29) is 5.78 Å². The quantitative estimate of drug-likeness (QED) is 0.769. The van der Waals surface area contributed by atoms with Crippen LogP contribution in [0.15, 0.2) is 36.8 Å². The predicted octanol–water partition coefficient (Wildman–Crippen LogP) is 2.11. The summed E-state index contributed by atoms with van der Waals surface area (Å²) in [5.74, 6) is 0.671. The van der Waals surface area contributed by atoms with Gasteiger partial charge in [-0.1, -0.05) is 0 Å². The number of nitrogens with zero attached hydrogens (tertiary/aromatic N) is 2. The van der Waals surface area contributed by atoms with Crippen LogP contribution >= 0.6 is 0 Å². The third-order valence-electron chi connectivity index (χ3n) is 2.50. The fraction of sp³-hybridized carbons (Fsp3) is 0.214. The first kappa shape index (κ1) is 13.0. The molecule has 2 aromatic heterocycles. The average Bonchev–Trinajstić information content (AvgIpc) is 2.47. The first-order valence-corrected chi connectivity index (χ1v) is 5.87. The number of ketones is 1. The van der Waals surface area contributed by atoms with Crippen molar-refractivity contribution in [2.24, 2.45) is 0 Å². The summed E-state index contributed by atoms with van der Waals surface area (Å²) < 4.78 is 10.4. The highest BCUT2D eigenvalue weighted by Crippen LogP contribution is 2.20. The highest BCUT2D eigenvalue weighted by atomic mass is 16.5. The van der Waals surface area contributed by atoms with Crippen LogP contribution in [0, 0.1) is 0 Å². The summed E-state index contributed by atoms with van der Waals surface area (Å²) in [7, 11) is 1.48. The number of hydrogen-bond donors (Lipinski definition) is 0. The van der Waals surface area contributed by atoms with Crippen molar-refractivity contribution >= 4 is 5.78 Å². The van der Waals surface area contributed by atoms with Gasteiger partial charge >= 0.3 is 0 Å². The molecule has 2 heterocycles. The van der Waals surface area contributed by atoms with Crippen molar-refractivity contribution in [2.45, 2.75) is 6.92 Å². The van der Waals surface area contributed by atoms with Gasteiger partial charge in [0.2, 0.25) is 5.88 Å². The van der Waals surface area contributed by atoms with Crippen molar-refractivity contribution in [2.75, 3.05) is 13.7 Å². The average molecular weight is 258 g/mol. The number of rotatable bonds is 5. The fourth-order valence-corrected chi connectivity index (χ4v) is 1.67. The summed E-state index contributed by atoms with van der Waals surface area (Å²) in [5, 5.41) is 0. The van der Waals surface area contributed by atoms with Gasteiger partial charge in [-0.3, -0.25) is 9.78 Å². The van der Waals surface area contributed by atoms with Crippen molar-refractivity contribution in [3.8, 4) is 11.6 Å². The summed E-state index contributed by atoms with van der Waals surface area (Å²) in [5.41, 5.74) is 0.845. The molecule has 0 atom stereocenters. The number of pyridine rings is 2. The summed E-state index contributed by atoms with van der Waals surface area (Å²) in [6.07, 6.45) is 4.64. The number of carbonyl (C=O) groups is 1. The first-order valence-electron chi connectivity index (χ1n) is 5.87. The van der Waals surface area contributed by atoms with Gasteiger partial charge in [0.15, 0.2) is 5.78 Å². The van der Waals surface area contributed by atoms with Gasteiger partial charge in [0.05, 0.1) is 25.5 Å². The highest BCUT2D eigenvalue weighted by molar-refractivity contribution is 6.10. The van der Waals surface area contributed by atoms with Crippen LogP contribution < -0.4 is 9.47 Å². The van der Waals surface area contributed by atoms with E-state index in [9.17, 15) is 4.79 Å². The summed E-state index contributed by atoms with van der Waals surface area (Å²) in [6, 6.07) is 5.02. The fourth-order valence-electron chi connectivity index (χ4n) is 1.67. The second kappa shape index (κ2) is 5.95. The lowest BCUT2D eigenvalue weighted by atomic mass is 10.1. The van der Waals surface area contributed by atoms with Crippen molar-refractivity contribution in [3.63, 3.8) is 0 Å². The van der Waals surface area contributed by atoms with Crippen LogP contribution in [0.25, 0.3) is 0 Å². The molecule has 2 aromatic rings. The molecule has 0 radical (unpaired) electrons. The molecule has 0 aromatic carbocycles. The van der Waals surface area contributed by atoms with Gasteiger partial charge in [-0.15, -0.1) is 0 Å². The maximum absolute atomic E-state index is 12.4. The Balaban J connectivity index is 2.35. The largest absolute Gasteiger partial charge is 0.492 e. The van der Waals surface area contributed by atoms with E-state index in [1.165, 1.54) is 13.3 Å². The Labute approximate surface area is 111 Å². The topological polar surface area (TPSA) is 61.3 Å². The Hall–Kier alpha value is -2.43. The van der Waals surface area contributed by atoms with Gasteiger partial charge in [-0.05, 0) is 25.1 Å². The van der Waals surface area contributed by atoms with E-state index < -0.39 is 0 Å². The van der Waals surface area contributed by atoms with Gasteiger partial charge in [-0.25, -0.2) is 4.98 Å². The molecule has 2 rings (SSSR count). The van der Waals surface area contributed by atoms with Gasteiger partial charge in [0.25, 0.3) is 0 Å². The molecule has 0 unspecified atom stereocenters. The Morgan fingerprint density at radius 1 is 1.37 bits per heavy atom. The molecule has 0 amide bonds. The molecule has 0 saturated heterocycles. The SMILES string of the molecule is CCOc1cncc(C(=O)c2cccnc2OC)c1. The van der Waals surface area contributed by atoms with E-state index in [0.29, 0.717) is 29.4 Å². The van der Waals surface area contributed by atoms with Crippen LogP contribution in [0.4, 0.5) is 0 Å². The predicted molar refractivity (Wildman–Crippen MR) is 69.6 cm³/mol. The molecule has 5 heteroatoms. The standard InChI is InChI=1S/C14H14N2O3/c1-3-19-11-7-10(8-15-9-11)13(17)12-5-4-6-16-14(12)18-2/h4-9H,3H2,1-2H3. The van der Waals surface area contributed by atoms with E-state index in [0.717, 1.165) is 0 Å². The van der Waals surface area contributed by atoms with E-state index >= 15 is 0 Å². The molecule has 0 aliphatic carbocycles. The summed E-state index contributed by atoms with van der Waals surface area (Å²) in [6.45, 7) is 2.40. The molecule has 19 heavy (non-hydrogen) atoms. The highest BCUT2D eigenvalue weighted by Gasteiger charge is 2.15. The maximum Gasteiger partial charge on any atom is 0.224 e. The minimum Gasteiger partial charge on any atom is -0.492 e. The lowest BCUT2D eigenvalue weighted by Crippen LogP contribution is -2.06. The number of aromatic nitrogens is 2. The van der Waals surface area contributed by atoms with Gasteiger partial charge in [0.1, 0.15) is 5.75 Å². The zero-order valence-electron chi connectivity index (χ0n) is 10.8. The molecule has 5 nitrogen and oxygen atoms in total. The van der Waals surface area contributed by atoms with E-state index in [1.54, 1.807) is 30.6 Å². The van der Waals surface area contributed by atoms with E-state index in [4.69, 9.17) is 9.47 Å². The minimum atomic E-state index is -0.195. The summed E-state index contributed by atoms with van der Waals surface area (Å²) in [4.78, 5) is 20.4. The second-order valence-electron chi connectivity index (χ2n) is 3.73. The molecule has 0 fully saturated rings. The van der Waals surface area contributed by atoms with Crippen molar-refractivity contribution in [1.82, 2.24) is 9.97 Å². The molecule has 0 aliphatic rings. The van der Waals surface area contributed by atoms with Gasteiger partial charge in [-0.2, -0.15) is 0 Å². The number of methoxy groups -OCH3 is 1. The molecular formula is C14H14N2O3. The number of carbonyl (C=O) groups excluding carboxylic acids is 1. The van der Waals surface area contributed by atoms with Crippen LogP contribution in [0.5, 0.6) is 11.6 Å². The third kappa shape index (κ3) is 2.88. The van der Waals surface area contributed by atoms with Gasteiger partial charge < -0.3 is 9.47 Å². The lowest BCUT2D eigenvalue weighted by Gasteiger charge is -2.07. The summed E-state index contributed by atoms with van der Waals surface area (Å²) >= 11 is 0. The smallest absolute Gasteiger partial charge is 0.224 e. The Morgan fingerprint density at radius 3 is 2.95 bits per heavy atom. The van der Waals surface area contributed by atoms with Gasteiger partial charge in [0, 0.05) is 18.0 Å². The monoisotopic (exact) mass is 258 g/mol. The molecule has 0 N–H and O–H groups in total. The van der Waals surface area contributed by atoms with Crippen molar-refractivity contribution in [1.29, 1.82) is 0 Å². The Kier molecular flexibility index (Phi) is 4.07. The molecule has 98 valence electrons. The van der Waals surface area contributed by atoms with Crippen LogP contribution in [-0.4, -0.2) is 29.5 Å². The van der Waals surface area contributed by atoms with Crippen molar-refractivity contribution in [3.05, 3.63) is 47.9 Å². The molecule has 0 bridgehead atoms. The minimum absolute atomic E-state index is 0.195. The zero-order chi connectivity index (χ0) is 13.7. The number of hydrogen-bond acceptors (Lipinski definition) is 5. The normalized spacial score (nSPS) is 10.0. The molecule has 0 saturated carbocycles. The molecule has 0 aliphatic heterocycles.